The number of nitrogens with two attached hydrogens (primary N) is 2. The fraction of sp³-hybridized carbons (Fsp3) is 0.182. The highest BCUT2D eigenvalue weighted by molar-refractivity contribution is 5.54. The van der Waals surface area contributed by atoms with Gasteiger partial charge in [-0.05, 0) is 60.4 Å². The standard InChI is InChI=1S/C22H23N3/c23-18-10-6-16(7-11-18)21-14-15-22(17-8-12-19(24)13-9-17)25(21)20-4-2-1-3-5-20/h1-13,21-22H,14-15,23-24H2. The van der Waals surface area contributed by atoms with Crippen molar-refractivity contribution in [1.82, 2.24) is 0 Å². The average Bonchev–Trinajstić information content (AvgIpc) is 3.09. The van der Waals surface area contributed by atoms with Crippen molar-refractivity contribution in [2.75, 3.05) is 16.4 Å². The fourth-order valence-corrected chi connectivity index (χ4v) is 3.86. The fourth-order valence-electron chi connectivity index (χ4n) is 3.86. The molecule has 0 amide bonds. The molecule has 3 nitrogen and oxygen atoms in total. The van der Waals surface area contributed by atoms with Crippen molar-refractivity contribution in [3.63, 3.8) is 0 Å². The Morgan fingerprint density at radius 3 is 1.48 bits per heavy atom. The van der Waals surface area contributed by atoms with E-state index in [4.69, 9.17) is 11.5 Å². The van der Waals surface area contributed by atoms with Gasteiger partial charge in [0.15, 0.2) is 0 Å². The molecular formula is C22H23N3. The van der Waals surface area contributed by atoms with E-state index in [2.05, 4.69) is 59.5 Å². The van der Waals surface area contributed by atoms with Crippen LogP contribution in [0.2, 0.25) is 0 Å². The van der Waals surface area contributed by atoms with E-state index in [0.29, 0.717) is 12.1 Å². The van der Waals surface area contributed by atoms with E-state index in [1.807, 2.05) is 24.3 Å². The van der Waals surface area contributed by atoms with E-state index in [-0.39, 0.29) is 0 Å². The monoisotopic (exact) mass is 329 g/mol. The van der Waals surface area contributed by atoms with E-state index in [0.717, 1.165) is 24.2 Å². The molecule has 4 N–H and O–H groups in total. The summed E-state index contributed by atoms with van der Waals surface area (Å²) in [6, 6.07) is 28.0. The Labute approximate surface area is 148 Å². The first-order valence-electron chi connectivity index (χ1n) is 8.76. The maximum absolute atomic E-state index is 5.88. The van der Waals surface area contributed by atoms with Crippen LogP contribution in [0.4, 0.5) is 17.1 Å². The van der Waals surface area contributed by atoms with Crippen LogP contribution in [0.25, 0.3) is 0 Å². The largest absolute Gasteiger partial charge is 0.399 e. The number of rotatable bonds is 3. The molecule has 0 spiro atoms. The second-order valence-electron chi connectivity index (χ2n) is 6.69. The zero-order chi connectivity index (χ0) is 17.2. The molecule has 1 heterocycles. The number of anilines is 3. The summed E-state index contributed by atoms with van der Waals surface area (Å²) in [6.45, 7) is 0. The summed E-state index contributed by atoms with van der Waals surface area (Å²) in [6.07, 6.45) is 2.24. The smallest absolute Gasteiger partial charge is 0.0549 e. The van der Waals surface area contributed by atoms with Crippen molar-refractivity contribution in [2.45, 2.75) is 24.9 Å². The predicted octanol–water partition coefficient (Wildman–Crippen LogP) is 4.93. The number of para-hydroxylation sites is 1. The quantitative estimate of drug-likeness (QED) is 0.670. The average molecular weight is 329 g/mol. The highest BCUT2D eigenvalue weighted by Gasteiger charge is 2.35. The Morgan fingerprint density at radius 2 is 1.04 bits per heavy atom. The molecule has 2 atom stereocenters. The Kier molecular flexibility index (Phi) is 4.06. The molecule has 25 heavy (non-hydrogen) atoms. The van der Waals surface area contributed by atoms with E-state index in [9.17, 15) is 0 Å². The van der Waals surface area contributed by atoms with Gasteiger partial charge in [0.1, 0.15) is 0 Å². The van der Waals surface area contributed by atoms with Gasteiger partial charge in [0.05, 0.1) is 12.1 Å². The Bertz CT molecular complexity index is 772. The Morgan fingerprint density at radius 1 is 0.600 bits per heavy atom. The van der Waals surface area contributed by atoms with Crippen LogP contribution in [0.5, 0.6) is 0 Å². The molecule has 3 heteroatoms. The van der Waals surface area contributed by atoms with Gasteiger partial charge in [-0.3, -0.25) is 0 Å². The van der Waals surface area contributed by atoms with Crippen molar-refractivity contribution in [3.05, 3.63) is 90.0 Å². The van der Waals surface area contributed by atoms with Crippen LogP contribution in [-0.2, 0) is 0 Å². The van der Waals surface area contributed by atoms with Gasteiger partial charge in [0.2, 0.25) is 0 Å². The zero-order valence-electron chi connectivity index (χ0n) is 14.2. The molecule has 0 aliphatic carbocycles. The van der Waals surface area contributed by atoms with Gasteiger partial charge < -0.3 is 16.4 Å². The lowest BCUT2D eigenvalue weighted by molar-refractivity contribution is 0.674. The summed E-state index contributed by atoms with van der Waals surface area (Å²) in [5.74, 6) is 0. The van der Waals surface area contributed by atoms with Gasteiger partial charge in [-0.15, -0.1) is 0 Å². The third kappa shape index (κ3) is 3.05. The van der Waals surface area contributed by atoms with Gasteiger partial charge in [-0.25, -0.2) is 0 Å². The SMILES string of the molecule is Nc1ccc(C2CCC(c3ccc(N)cc3)N2c2ccccc2)cc1. The van der Waals surface area contributed by atoms with Crippen LogP contribution in [0.1, 0.15) is 36.1 Å². The predicted molar refractivity (Wildman–Crippen MR) is 105 cm³/mol. The van der Waals surface area contributed by atoms with Crippen molar-refractivity contribution < 1.29 is 0 Å². The van der Waals surface area contributed by atoms with E-state index in [1.165, 1.54) is 16.8 Å². The number of hydrogen-bond donors (Lipinski definition) is 2. The molecule has 0 bridgehead atoms. The topological polar surface area (TPSA) is 55.3 Å². The first-order valence-corrected chi connectivity index (χ1v) is 8.76. The number of nitrogens with zero attached hydrogens (tertiary/aromatic N) is 1. The van der Waals surface area contributed by atoms with Crippen LogP contribution in [-0.4, -0.2) is 0 Å². The minimum absolute atomic E-state index is 0.352. The van der Waals surface area contributed by atoms with Gasteiger partial charge in [-0.2, -0.15) is 0 Å². The first-order chi connectivity index (χ1) is 12.2. The number of hydrogen-bond acceptors (Lipinski definition) is 3. The second kappa shape index (κ2) is 6.52. The number of nitrogen functional groups attached to an aromatic ring is 2. The third-order valence-corrected chi connectivity index (χ3v) is 5.08. The maximum atomic E-state index is 5.88. The van der Waals surface area contributed by atoms with Gasteiger partial charge in [0.25, 0.3) is 0 Å². The lowest BCUT2D eigenvalue weighted by Gasteiger charge is -2.33. The van der Waals surface area contributed by atoms with Crippen LogP contribution < -0.4 is 16.4 Å². The summed E-state index contributed by atoms with van der Waals surface area (Å²) in [5.41, 5.74) is 17.3. The minimum atomic E-state index is 0.352. The lowest BCUT2D eigenvalue weighted by Crippen LogP contribution is -2.26. The van der Waals surface area contributed by atoms with Crippen molar-refractivity contribution >= 4 is 17.1 Å². The zero-order valence-corrected chi connectivity index (χ0v) is 14.2. The molecule has 1 aliphatic heterocycles. The summed E-state index contributed by atoms with van der Waals surface area (Å²) in [4.78, 5) is 2.54. The highest BCUT2D eigenvalue weighted by atomic mass is 15.2. The molecule has 3 aromatic rings. The van der Waals surface area contributed by atoms with Gasteiger partial charge in [-0.1, -0.05) is 42.5 Å². The summed E-state index contributed by atoms with van der Waals surface area (Å²) in [5, 5.41) is 0. The van der Waals surface area contributed by atoms with Crippen LogP contribution in [0, 0.1) is 0 Å². The van der Waals surface area contributed by atoms with E-state index >= 15 is 0 Å². The summed E-state index contributed by atoms with van der Waals surface area (Å²) in [7, 11) is 0. The molecule has 3 aromatic carbocycles. The van der Waals surface area contributed by atoms with Crippen LogP contribution in [0.3, 0.4) is 0 Å². The summed E-state index contributed by atoms with van der Waals surface area (Å²) >= 11 is 0. The normalized spacial score (nSPS) is 19.9. The summed E-state index contributed by atoms with van der Waals surface area (Å²) < 4.78 is 0. The molecule has 126 valence electrons. The van der Waals surface area contributed by atoms with Gasteiger partial charge in [0, 0.05) is 17.1 Å². The molecule has 1 saturated heterocycles. The molecule has 4 rings (SSSR count). The minimum Gasteiger partial charge on any atom is -0.399 e. The van der Waals surface area contributed by atoms with Crippen molar-refractivity contribution in [2.24, 2.45) is 0 Å². The van der Waals surface area contributed by atoms with E-state index in [1.54, 1.807) is 0 Å². The highest BCUT2D eigenvalue weighted by Crippen LogP contribution is 2.46. The van der Waals surface area contributed by atoms with Crippen molar-refractivity contribution in [3.8, 4) is 0 Å². The Balaban J connectivity index is 1.75. The Hall–Kier alpha value is -2.94. The second-order valence-corrected chi connectivity index (χ2v) is 6.69. The molecule has 1 aliphatic rings. The van der Waals surface area contributed by atoms with E-state index < -0.39 is 0 Å². The van der Waals surface area contributed by atoms with Crippen LogP contribution >= 0.6 is 0 Å². The lowest BCUT2D eigenvalue weighted by atomic mass is 10.0. The molecule has 1 fully saturated rings. The third-order valence-electron chi connectivity index (χ3n) is 5.08. The molecule has 0 aromatic heterocycles. The molecule has 0 saturated carbocycles. The first kappa shape index (κ1) is 15.6. The van der Waals surface area contributed by atoms with Crippen molar-refractivity contribution in [1.29, 1.82) is 0 Å². The molecule has 2 unspecified atom stereocenters. The van der Waals surface area contributed by atoms with Gasteiger partial charge >= 0.3 is 0 Å². The number of benzene rings is 3. The van der Waals surface area contributed by atoms with Crippen LogP contribution in [0.15, 0.2) is 78.9 Å². The maximum Gasteiger partial charge on any atom is 0.0549 e. The molecule has 0 radical (unpaired) electrons. The molecular weight excluding hydrogens is 306 g/mol.